The summed E-state index contributed by atoms with van der Waals surface area (Å²) in [4.78, 5) is 15.6. The Hall–Kier alpha value is -1.46. The average Bonchev–Trinajstić information content (AvgIpc) is 2.88. The van der Waals surface area contributed by atoms with E-state index in [4.69, 9.17) is 4.74 Å². The van der Waals surface area contributed by atoms with Gasteiger partial charge in [0.15, 0.2) is 6.54 Å². The summed E-state index contributed by atoms with van der Waals surface area (Å²) in [5.41, 5.74) is 1.01. The van der Waals surface area contributed by atoms with Gasteiger partial charge in [-0.3, -0.25) is 0 Å². The van der Waals surface area contributed by atoms with E-state index in [2.05, 4.69) is 11.8 Å². The van der Waals surface area contributed by atoms with Gasteiger partial charge in [-0.1, -0.05) is 19.1 Å². The highest BCUT2D eigenvalue weighted by molar-refractivity contribution is 8.40. The minimum atomic E-state index is -6.00. The van der Waals surface area contributed by atoms with E-state index in [1.165, 1.54) is 0 Å². The summed E-state index contributed by atoms with van der Waals surface area (Å²) in [6, 6.07) is 7.75. The van der Waals surface area contributed by atoms with Crippen molar-refractivity contribution in [2.24, 2.45) is 0 Å². The fourth-order valence-corrected chi connectivity index (χ4v) is 4.38. The van der Waals surface area contributed by atoms with Crippen molar-refractivity contribution in [3.8, 4) is 5.75 Å². The van der Waals surface area contributed by atoms with Crippen molar-refractivity contribution in [3.05, 3.63) is 34.7 Å². The Labute approximate surface area is 171 Å². The van der Waals surface area contributed by atoms with E-state index in [0.29, 0.717) is 0 Å². The Morgan fingerprint density at radius 2 is 1.79 bits per heavy atom. The number of halogens is 4. The van der Waals surface area contributed by atoms with Crippen LogP contribution in [0.5, 0.6) is 5.75 Å². The van der Waals surface area contributed by atoms with Crippen molar-refractivity contribution >= 4 is 47.1 Å². The summed E-state index contributed by atoms with van der Waals surface area (Å²) in [6.07, 6.45) is 1.96. The molecule has 0 atom stereocenters. The molecular formula is C17H23BF4N2O2S2. The maximum absolute atomic E-state index is 12.7. The molecular weight excluding hydrogens is 415 g/mol. The first-order chi connectivity index (χ1) is 13.0. The van der Waals surface area contributed by atoms with Gasteiger partial charge in [-0.15, -0.1) is 4.58 Å². The number of nitrogens with zero attached hydrogens (tertiary/aromatic N) is 2. The third-order valence-corrected chi connectivity index (χ3v) is 5.59. The van der Waals surface area contributed by atoms with Gasteiger partial charge in [-0.05, 0) is 61.4 Å². The van der Waals surface area contributed by atoms with E-state index in [1.807, 2.05) is 49.0 Å². The monoisotopic (exact) mass is 438 g/mol. The SMILES string of the molecule is CCSC1=[N+](CCN(C)C)C(=O)/C(=C/c2ccc(OC)cc2)S1.F[B-](F)(F)F. The van der Waals surface area contributed by atoms with Gasteiger partial charge < -0.3 is 26.9 Å². The van der Waals surface area contributed by atoms with E-state index >= 15 is 0 Å². The maximum atomic E-state index is 12.7. The molecule has 11 heteroatoms. The Morgan fingerprint density at radius 1 is 1.21 bits per heavy atom. The fourth-order valence-electron chi connectivity index (χ4n) is 2.08. The summed E-state index contributed by atoms with van der Waals surface area (Å²) < 4.78 is 47.1. The van der Waals surface area contributed by atoms with E-state index < -0.39 is 7.25 Å². The van der Waals surface area contributed by atoms with Crippen molar-refractivity contribution < 1.29 is 31.4 Å². The van der Waals surface area contributed by atoms with E-state index in [9.17, 15) is 22.1 Å². The van der Waals surface area contributed by atoms with Crippen LogP contribution in [0.3, 0.4) is 0 Å². The van der Waals surface area contributed by atoms with Crippen molar-refractivity contribution in [1.29, 1.82) is 0 Å². The average molecular weight is 438 g/mol. The van der Waals surface area contributed by atoms with Gasteiger partial charge in [0.1, 0.15) is 10.7 Å². The first-order valence-electron chi connectivity index (χ1n) is 8.42. The molecule has 2 rings (SSSR count). The van der Waals surface area contributed by atoms with Crippen LogP contribution in [0.1, 0.15) is 12.5 Å². The zero-order chi connectivity index (χ0) is 21.3. The zero-order valence-electron chi connectivity index (χ0n) is 16.1. The lowest BCUT2D eigenvalue weighted by Gasteiger charge is -2.06. The molecule has 0 bridgehead atoms. The number of methoxy groups -OCH3 is 1. The molecule has 28 heavy (non-hydrogen) atoms. The summed E-state index contributed by atoms with van der Waals surface area (Å²) in [5, 5.41) is 0. The number of rotatable bonds is 6. The summed E-state index contributed by atoms with van der Waals surface area (Å²) in [5.74, 6) is 1.88. The van der Waals surface area contributed by atoms with Crippen LogP contribution in [0.25, 0.3) is 6.08 Å². The van der Waals surface area contributed by atoms with Crippen LogP contribution >= 0.6 is 23.5 Å². The molecule has 0 N–H and O–H groups in total. The second kappa shape index (κ2) is 11.5. The number of carbonyl (C=O) groups excluding carboxylic acids is 1. The van der Waals surface area contributed by atoms with Gasteiger partial charge in [-0.2, -0.15) is 0 Å². The van der Waals surface area contributed by atoms with Gasteiger partial charge in [0.25, 0.3) is 4.38 Å². The Kier molecular flexibility index (Phi) is 10.1. The lowest BCUT2D eigenvalue weighted by Crippen LogP contribution is -2.28. The van der Waals surface area contributed by atoms with E-state index in [-0.39, 0.29) is 5.91 Å². The second-order valence-corrected chi connectivity index (χ2v) is 8.38. The van der Waals surface area contributed by atoms with Crippen LogP contribution in [-0.2, 0) is 4.79 Å². The van der Waals surface area contributed by atoms with Crippen LogP contribution in [0.4, 0.5) is 17.3 Å². The zero-order valence-corrected chi connectivity index (χ0v) is 17.8. The van der Waals surface area contributed by atoms with Gasteiger partial charge in [0.05, 0.1) is 13.7 Å². The molecule has 4 nitrogen and oxygen atoms in total. The van der Waals surface area contributed by atoms with Crippen molar-refractivity contribution in [3.63, 3.8) is 0 Å². The molecule has 156 valence electrons. The number of amides is 1. The molecule has 0 radical (unpaired) electrons. The second-order valence-electron chi connectivity index (χ2n) is 5.84. The third-order valence-electron chi connectivity index (χ3n) is 3.33. The van der Waals surface area contributed by atoms with Crippen LogP contribution in [0.15, 0.2) is 29.2 Å². The fraction of sp³-hybridized carbons (Fsp3) is 0.412. The summed E-state index contributed by atoms with van der Waals surface area (Å²) in [6.45, 7) is 3.69. The van der Waals surface area contributed by atoms with Crippen LogP contribution in [0, 0.1) is 0 Å². The third kappa shape index (κ3) is 9.16. The Balaban J connectivity index is 0.000000696. The molecule has 1 aliphatic heterocycles. The largest absolute Gasteiger partial charge is 0.673 e. The predicted molar refractivity (Wildman–Crippen MR) is 111 cm³/mol. The summed E-state index contributed by atoms with van der Waals surface area (Å²) >= 11 is 3.30. The minimum absolute atomic E-state index is 0.101. The first kappa shape index (κ1) is 24.6. The van der Waals surface area contributed by atoms with Gasteiger partial charge in [-0.25, -0.2) is 4.79 Å². The molecule has 0 aliphatic carbocycles. The smallest absolute Gasteiger partial charge is 0.497 e. The lowest BCUT2D eigenvalue weighted by atomic mass is 10.2. The highest BCUT2D eigenvalue weighted by Gasteiger charge is 2.37. The minimum Gasteiger partial charge on any atom is -0.497 e. The first-order valence-corrected chi connectivity index (χ1v) is 10.2. The molecule has 1 aromatic rings. The van der Waals surface area contributed by atoms with Gasteiger partial charge >= 0.3 is 13.2 Å². The number of ether oxygens (including phenoxy) is 1. The van der Waals surface area contributed by atoms with E-state index in [1.54, 1.807) is 30.6 Å². The molecule has 1 heterocycles. The number of carbonyl (C=O) groups is 1. The highest BCUT2D eigenvalue weighted by atomic mass is 32.2. The molecule has 0 saturated carbocycles. The number of thioether (sulfide) groups is 2. The summed E-state index contributed by atoms with van der Waals surface area (Å²) in [7, 11) is -0.307. The lowest BCUT2D eigenvalue weighted by molar-refractivity contribution is -0.437. The number of likely N-dealkylation sites (N-methyl/N-ethyl adjacent to an activating group) is 1. The predicted octanol–water partition coefficient (Wildman–Crippen LogP) is 4.29. The van der Waals surface area contributed by atoms with Crippen LogP contribution in [0.2, 0.25) is 0 Å². The number of benzene rings is 1. The maximum Gasteiger partial charge on any atom is 0.673 e. The van der Waals surface area contributed by atoms with E-state index in [0.717, 1.165) is 39.4 Å². The number of hydrogen-bond acceptors (Lipinski definition) is 5. The van der Waals surface area contributed by atoms with Crippen molar-refractivity contribution in [2.75, 3.05) is 40.0 Å². The molecule has 1 aliphatic rings. The van der Waals surface area contributed by atoms with Crippen molar-refractivity contribution in [2.45, 2.75) is 6.92 Å². The standard InChI is InChI=1S/C17H23N2O2S2.BF4/c1-5-22-17-19(11-10-18(2)3)16(20)15(23-17)12-13-6-8-14(21-4)9-7-13;2-1(3,4)5/h6-9,12H,5,10-11H2,1-4H3;/q+1;-1/b15-12-;. The molecule has 0 unspecified atom stereocenters. The Bertz CT molecular complexity index is 717. The normalized spacial score (nSPS) is 15.9. The van der Waals surface area contributed by atoms with Gasteiger partial charge in [0.2, 0.25) is 0 Å². The molecule has 1 amide bonds. The topological polar surface area (TPSA) is 32.5 Å². The van der Waals surface area contributed by atoms with Gasteiger partial charge in [0, 0.05) is 5.75 Å². The molecule has 0 spiro atoms. The quantitative estimate of drug-likeness (QED) is 0.286. The highest BCUT2D eigenvalue weighted by Crippen LogP contribution is 2.33. The van der Waals surface area contributed by atoms with Crippen LogP contribution < -0.4 is 4.74 Å². The molecule has 1 aromatic carbocycles. The van der Waals surface area contributed by atoms with Crippen LogP contribution in [-0.4, -0.2) is 67.1 Å². The van der Waals surface area contributed by atoms with Crippen molar-refractivity contribution in [1.82, 2.24) is 4.90 Å². The molecule has 0 aromatic heterocycles. The number of hydrogen-bond donors (Lipinski definition) is 0. The Morgan fingerprint density at radius 3 is 2.25 bits per heavy atom. The molecule has 0 fully saturated rings. The molecule has 0 saturated heterocycles.